The Hall–Kier alpha value is -1.54. The molecule has 2 aromatic rings. The molecule has 122 valence electrons. The number of hydrogen-bond acceptors (Lipinski definition) is 3. The molecule has 0 saturated carbocycles. The normalized spacial score (nSPS) is 11.3. The number of benzene rings is 2. The Morgan fingerprint density at radius 3 is 2.35 bits per heavy atom. The van der Waals surface area contributed by atoms with Crippen molar-refractivity contribution in [3.8, 4) is 0 Å². The fourth-order valence-corrected chi connectivity index (χ4v) is 3.47. The maximum Gasteiger partial charge on any atom is 0.337 e. The molecule has 0 atom stereocenters. The third-order valence-electron chi connectivity index (χ3n) is 2.72. The van der Waals surface area contributed by atoms with E-state index in [4.69, 9.17) is 39.9 Å². The number of carboxylic acids is 1. The molecular formula is C13H7Cl3FNO4S. The molecule has 0 amide bonds. The van der Waals surface area contributed by atoms with Crippen LogP contribution in [0.15, 0.2) is 35.2 Å². The molecule has 0 aromatic heterocycles. The average molecular weight is 399 g/mol. The average Bonchev–Trinajstić information content (AvgIpc) is 2.44. The van der Waals surface area contributed by atoms with Crippen molar-refractivity contribution < 1.29 is 22.7 Å². The van der Waals surface area contributed by atoms with Gasteiger partial charge in [-0.3, -0.25) is 4.72 Å². The summed E-state index contributed by atoms with van der Waals surface area (Å²) in [7, 11) is -4.26. The maximum atomic E-state index is 13.2. The summed E-state index contributed by atoms with van der Waals surface area (Å²) in [6.07, 6.45) is 0. The van der Waals surface area contributed by atoms with E-state index in [9.17, 15) is 17.6 Å². The summed E-state index contributed by atoms with van der Waals surface area (Å²) in [6, 6.07) is 4.93. The molecule has 5 nitrogen and oxygen atoms in total. The van der Waals surface area contributed by atoms with Crippen LogP contribution in [0.4, 0.5) is 10.1 Å². The molecule has 0 fully saturated rings. The number of aromatic carboxylic acids is 1. The van der Waals surface area contributed by atoms with Crippen molar-refractivity contribution in [1.82, 2.24) is 0 Å². The summed E-state index contributed by atoms with van der Waals surface area (Å²) in [5, 5.41) is 8.45. The van der Waals surface area contributed by atoms with Gasteiger partial charge in [-0.2, -0.15) is 0 Å². The zero-order chi connectivity index (χ0) is 17.4. The van der Waals surface area contributed by atoms with E-state index in [2.05, 4.69) is 4.72 Å². The van der Waals surface area contributed by atoms with E-state index in [-0.39, 0.29) is 20.8 Å². The molecule has 0 spiro atoms. The van der Waals surface area contributed by atoms with Gasteiger partial charge in [0.25, 0.3) is 10.0 Å². The van der Waals surface area contributed by atoms with Crippen LogP contribution in [0.25, 0.3) is 0 Å². The molecule has 23 heavy (non-hydrogen) atoms. The summed E-state index contributed by atoms with van der Waals surface area (Å²) in [5.74, 6) is -2.15. The quantitative estimate of drug-likeness (QED) is 0.805. The topological polar surface area (TPSA) is 83.5 Å². The minimum atomic E-state index is -4.26. The second kappa shape index (κ2) is 6.52. The Balaban J connectivity index is 2.52. The molecule has 2 N–H and O–H groups in total. The second-order valence-corrected chi connectivity index (χ2v) is 7.18. The Morgan fingerprint density at radius 1 is 1.09 bits per heavy atom. The highest BCUT2D eigenvalue weighted by Gasteiger charge is 2.22. The number of nitrogens with one attached hydrogen (secondary N) is 1. The Bertz CT molecular complexity index is 902. The molecule has 0 heterocycles. The highest BCUT2D eigenvalue weighted by atomic mass is 35.5. The van der Waals surface area contributed by atoms with Gasteiger partial charge in [0, 0.05) is 0 Å². The summed E-state index contributed by atoms with van der Waals surface area (Å²) in [5.41, 5.74) is -0.681. The van der Waals surface area contributed by atoms with Crippen molar-refractivity contribution >= 4 is 56.5 Å². The molecule has 0 bridgehead atoms. The van der Waals surface area contributed by atoms with Crippen LogP contribution in [0.5, 0.6) is 0 Å². The number of halogens is 4. The van der Waals surface area contributed by atoms with Crippen molar-refractivity contribution in [3.05, 3.63) is 56.8 Å². The highest BCUT2D eigenvalue weighted by Crippen LogP contribution is 2.31. The van der Waals surface area contributed by atoms with Crippen LogP contribution < -0.4 is 4.72 Å². The fourth-order valence-electron chi connectivity index (χ4n) is 1.65. The summed E-state index contributed by atoms with van der Waals surface area (Å²) in [4.78, 5) is 10.6. The van der Waals surface area contributed by atoms with Crippen LogP contribution in [0.2, 0.25) is 15.1 Å². The van der Waals surface area contributed by atoms with E-state index in [1.807, 2.05) is 0 Å². The molecular weight excluding hydrogens is 392 g/mol. The minimum absolute atomic E-state index is 0.0338. The van der Waals surface area contributed by atoms with Gasteiger partial charge >= 0.3 is 5.97 Å². The third kappa shape index (κ3) is 3.87. The summed E-state index contributed by atoms with van der Waals surface area (Å²) in [6.45, 7) is 0. The van der Waals surface area contributed by atoms with Gasteiger partial charge in [0.15, 0.2) is 0 Å². The van der Waals surface area contributed by atoms with Gasteiger partial charge in [-0.05, 0) is 30.3 Å². The lowest BCUT2D eigenvalue weighted by Crippen LogP contribution is -2.14. The highest BCUT2D eigenvalue weighted by molar-refractivity contribution is 7.92. The first-order valence-electron chi connectivity index (χ1n) is 5.82. The number of sulfonamides is 1. The molecule has 2 rings (SSSR count). The van der Waals surface area contributed by atoms with Crippen LogP contribution in [0, 0.1) is 5.82 Å². The predicted octanol–water partition coefficient (Wildman–Crippen LogP) is 4.28. The number of rotatable bonds is 4. The van der Waals surface area contributed by atoms with Gasteiger partial charge in [0.05, 0.1) is 31.2 Å². The standard InChI is InChI=1S/C13H7Cl3FNO4S/c14-9-2-1-6(17)3-11(9)18-23(21,22)7-4-8(13(19)20)12(16)10(15)5-7/h1-5,18H,(H,19,20). The van der Waals surface area contributed by atoms with Crippen LogP contribution in [-0.4, -0.2) is 19.5 Å². The smallest absolute Gasteiger partial charge is 0.337 e. The van der Waals surface area contributed by atoms with Gasteiger partial charge in [-0.25, -0.2) is 17.6 Å². The summed E-state index contributed by atoms with van der Waals surface area (Å²) >= 11 is 17.3. The van der Waals surface area contributed by atoms with Gasteiger partial charge < -0.3 is 5.11 Å². The molecule has 0 aliphatic rings. The van der Waals surface area contributed by atoms with Crippen molar-refractivity contribution in [3.63, 3.8) is 0 Å². The first-order valence-corrected chi connectivity index (χ1v) is 8.44. The van der Waals surface area contributed by atoms with E-state index in [1.54, 1.807) is 0 Å². The largest absolute Gasteiger partial charge is 0.478 e. The SMILES string of the molecule is O=C(O)c1cc(S(=O)(=O)Nc2cc(F)ccc2Cl)cc(Cl)c1Cl. The fraction of sp³-hybridized carbons (Fsp3) is 0. The van der Waals surface area contributed by atoms with E-state index in [0.29, 0.717) is 0 Å². The number of hydrogen-bond donors (Lipinski definition) is 2. The third-order valence-corrected chi connectivity index (χ3v) is 5.19. The van der Waals surface area contributed by atoms with Crippen molar-refractivity contribution in [2.24, 2.45) is 0 Å². The van der Waals surface area contributed by atoms with Crippen molar-refractivity contribution in [1.29, 1.82) is 0 Å². The van der Waals surface area contributed by atoms with Crippen molar-refractivity contribution in [2.75, 3.05) is 4.72 Å². The Kier molecular flexibility index (Phi) is 5.05. The first kappa shape index (κ1) is 17.8. The monoisotopic (exact) mass is 397 g/mol. The van der Waals surface area contributed by atoms with Gasteiger partial charge in [-0.1, -0.05) is 34.8 Å². The van der Waals surface area contributed by atoms with E-state index in [1.165, 1.54) is 6.07 Å². The minimum Gasteiger partial charge on any atom is -0.478 e. The maximum absolute atomic E-state index is 13.2. The number of carbonyl (C=O) groups is 1. The van der Waals surface area contributed by atoms with Gasteiger partial charge in [0.2, 0.25) is 0 Å². The lowest BCUT2D eigenvalue weighted by molar-refractivity contribution is 0.0697. The van der Waals surface area contributed by atoms with Crippen LogP contribution in [-0.2, 0) is 10.0 Å². The van der Waals surface area contributed by atoms with Crippen LogP contribution in [0.1, 0.15) is 10.4 Å². The molecule has 0 unspecified atom stereocenters. The molecule has 0 aliphatic carbocycles. The molecule has 0 radical (unpaired) electrons. The lowest BCUT2D eigenvalue weighted by Gasteiger charge is -2.11. The van der Waals surface area contributed by atoms with E-state index >= 15 is 0 Å². The lowest BCUT2D eigenvalue weighted by atomic mass is 10.2. The van der Waals surface area contributed by atoms with Gasteiger partial charge in [0.1, 0.15) is 5.82 Å². The van der Waals surface area contributed by atoms with Crippen LogP contribution in [0.3, 0.4) is 0 Å². The number of anilines is 1. The zero-order valence-electron chi connectivity index (χ0n) is 11.0. The van der Waals surface area contributed by atoms with E-state index in [0.717, 1.165) is 24.3 Å². The zero-order valence-corrected chi connectivity index (χ0v) is 14.1. The summed E-state index contributed by atoms with van der Waals surface area (Å²) < 4.78 is 39.9. The van der Waals surface area contributed by atoms with Gasteiger partial charge in [-0.15, -0.1) is 0 Å². The molecule has 0 saturated heterocycles. The van der Waals surface area contributed by atoms with Crippen molar-refractivity contribution in [2.45, 2.75) is 4.90 Å². The molecule has 2 aromatic carbocycles. The molecule has 0 aliphatic heterocycles. The predicted molar refractivity (Wildman–Crippen MR) is 85.6 cm³/mol. The Labute approximate surface area is 145 Å². The first-order chi connectivity index (χ1) is 10.6. The van der Waals surface area contributed by atoms with E-state index < -0.39 is 32.3 Å². The number of carboxylic acid groups (broad SMARTS) is 1. The second-order valence-electron chi connectivity index (χ2n) is 4.30. The van der Waals surface area contributed by atoms with Crippen LogP contribution >= 0.6 is 34.8 Å². The Morgan fingerprint density at radius 2 is 1.74 bits per heavy atom. The molecule has 10 heteroatoms.